The van der Waals surface area contributed by atoms with Gasteiger partial charge in [-0.3, -0.25) is 0 Å². The Kier molecular flexibility index (Phi) is 4.80. The highest BCUT2D eigenvalue weighted by molar-refractivity contribution is 7.99. The number of nitrogens with two attached hydrogens (primary N) is 1. The van der Waals surface area contributed by atoms with Gasteiger partial charge in [-0.05, 0) is 18.9 Å². The van der Waals surface area contributed by atoms with Gasteiger partial charge in [0.25, 0.3) is 0 Å². The normalized spacial score (nSPS) is 14.2. The van der Waals surface area contributed by atoms with Gasteiger partial charge < -0.3 is 15.4 Å². The van der Waals surface area contributed by atoms with Crippen molar-refractivity contribution < 1.29 is 5.11 Å². The first-order valence-electron chi connectivity index (χ1n) is 6.53. The Morgan fingerprint density at radius 2 is 2.00 bits per heavy atom. The lowest BCUT2D eigenvalue weighted by atomic mass is 9.91. The molecule has 0 radical (unpaired) electrons. The Morgan fingerprint density at radius 3 is 2.55 bits per heavy atom. The number of hydrogen-bond acceptors (Lipinski definition) is 5. The molecule has 0 amide bonds. The summed E-state index contributed by atoms with van der Waals surface area (Å²) in [5, 5.41) is 19.6. The van der Waals surface area contributed by atoms with E-state index in [4.69, 9.17) is 5.73 Å². The number of benzene rings is 1. The van der Waals surface area contributed by atoms with Crippen LogP contribution in [0, 0.1) is 6.92 Å². The number of nitrogens with zero attached hydrogens (tertiary/aromatic N) is 3. The summed E-state index contributed by atoms with van der Waals surface area (Å²) in [7, 11) is 1.93. The van der Waals surface area contributed by atoms with E-state index in [-0.39, 0.29) is 6.54 Å². The summed E-state index contributed by atoms with van der Waals surface area (Å²) in [5.41, 5.74) is 5.63. The van der Waals surface area contributed by atoms with Crippen LogP contribution in [-0.2, 0) is 12.6 Å². The third-order valence-corrected chi connectivity index (χ3v) is 4.47. The molecule has 0 fully saturated rings. The second-order valence-corrected chi connectivity index (χ2v) is 5.85. The predicted molar refractivity (Wildman–Crippen MR) is 80.5 cm³/mol. The first kappa shape index (κ1) is 15.0. The van der Waals surface area contributed by atoms with E-state index in [1.807, 2.05) is 48.9 Å². The zero-order chi connectivity index (χ0) is 14.6. The van der Waals surface area contributed by atoms with E-state index in [2.05, 4.69) is 10.2 Å². The van der Waals surface area contributed by atoms with Crippen LogP contribution in [0.1, 0.15) is 17.8 Å². The van der Waals surface area contributed by atoms with E-state index in [9.17, 15) is 5.11 Å². The van der Waals surface area contributed by atoms with Crippen molar-refractivity contribution in [2.45, 2.75) is 24.1 Å². The van der Waals surface area contributed by atoms with Gasteiger partial charge in [0.2, 0.25) is 0 Å². The zero-order valence-electron chi connectivity index (χ0n) is 11.8. The van der Waals surface area contributed by atoms with Crippen LogP contribution in [0.2, 0.25) is 0 Å². The number of hydrogen-bond donors (Lipinski definition) is 2. The molecule has 6 heteroatoms. The molecule has 1 heterocycles. The zero-order valence-corrected chi connectivity index (χ0v) is 12.6. The Bertz CT molecular complexity index is 558. The van der Waals surface area contributed by atoms with Gasteiger partial charge in [0, 0.05) is 19.3 Å². The van der Waals surface area contributed by atoms with Crippen molar-refractivity contribution in [1.29, 1.82) is 0 Å². The molecular formula is C14H20N4OS. The van der Waals surface area contributed by atoms with Crippen molar-refractivity contribution in [3.8, 4) is 0 Å². The second-order valence-electron chi connectivity index (χ2n) is 4.79. The first-order valence-corrected chi connectivity index (χ1v) is 7.52. The van der Waals surface area contributed by atoms with Gasteiger partial charge in [-0.1, -0.05) is 42.1 Å². The van der Waals surface area contributed by atoms with Crippen molar-refractivity contribution in [1.82, 2.24) is 14.8 Å². The fraction of sp³-hybridized carbons (Fsp3) is 0.429. The van der Waals surface area contributed by atoms with Crippen LogP contribution >= 0.6 is 11.8 Å². The smallest absolute Gasteiger partial charge is 0.190 e. The molecule has 108 valence electrons. The lowest BCUT2D eigenvalue weighted by Gasteiger charge is -2.26. The van der Waals surface area contributed by atoms with Gasteiger partial charge in [-0.2, -0.15) is 0 Å². The quantitative estimate of drug-likeness (QED) is 0.788. The maximum absolute atomic E-state index is 10.7. The van der Waals surface area contributed by atoms with Crippen molar-refractivity contribution in [3.05, 3.63) is 41.7 Å². The van der Waals surface area contributed by atoms with Gasteiger partial charge in [0.15, 0.2) is 5.16 Å². The van der Waals surface area contributed by atoms with Gasteiger partial charge in [-0.15, -0.1) is 10.2 Å². The SMILES string of the molecule is Cc1nnc(SCCC(O)(CN)c2ccccc2)n1C. The largest absolute Gasteiger partial charge is 0.384 e. The first-order chi connectivity index (χ1) is 9.57. The van der Waals surface area contributed by atoms with Crippen LogP contribution < -0.4 is 5.73 Å². The van der Waals surface area contributed by atoms with Crippen LogP contribution in [0.5, 0.6) is 0 Å². The average Bonchev–Trinajstić information content (AvgIpc) is 2.80. The molecule has 1 unspecified atom stereocenters. The molecule has 1 atom stereocenters. The molecule has 0 bridgehead atoms. The standard InChI is InChI=1S/C14H20N4OS/c1-11-16-17-13(18(11)2)20-9-8-14(19,10-15)12-6-4-3-5-7-12/h3-7,19H,8-10,15H2,1-2H3. The molecule has 0 aliphatic heterocycles. The van der Waals surface area contributed by atoms with E-state index >= 15 is 0 Å². The Morgan fingerprint density at radius 1 is 1.30 bits per heavy atom. The minimum Gasteiger partial charge on any atom is -0.384 e. The highest BCUT2D eigenvalue weighted by atomic mass is 32.2. The van der Waals surface area contributed by atoms with Crippen molar-refractivity contribution in [2.24, 2.45) is 12.8 Å². The molecule has 0 saturated heterocycles. The van der Waals surface area contributed by atoms with Crippen LogP contribution in [0.25, 0.3) is 0 Å². The van der Waals surface area contributed by atoms with Crippen molar-refractivity contribution in [3.63, 3.8) is 0 Å². The number of rotatable bonds is 6. The topological polar surface area (TPSA) is 77.0 Å². The molecule has 2 rings (SSSR count). The van der Waals surface area contributed by atoms with E-state index in [0.29, 0.717) is 6.42 Å². The molecule has 0 spiro atoms. The summed E-state index contributed by atoms with van der Waals surface area (Å²) in [4.78, 5) is 0. The Hall–Kier alpha value is -1.37. The predicted octanol–water partition coefficient (Wildman–Crippen LogP) is 1.45. The molecule has 0 saturated carbocycles. The summed E-state index contributed by atoms with van der Waals surface area (Å²) in [6.07, 6.45) is 0.573. The minimum atomic E-state index is -0.984. The highest BCUT2D eigenvalue weighted by Crippen LogP contribution is 2.27. The van der Waals surface area contributed by atoms with E-state index in [0.717, 1.165) is 22.3 Å². The summed E-state index contributed by atoms with van der Waals surface area (Å²) < 4.78 is 1.94. The second kappa shape index (κ2) is 6.39. The van der Waals surface area contributed by atoms with Crippen molar-refractivity contribution in [2.75, 3.05) is 12.3 Å². The van der Waals surface area contributed by atoms with Crippen molar-refractivity contribution >= 4 is 11.8 Å². The third kappa shape index (κ3) is 3.20. The number of thioether (sulfide) groups is 1. The molecular weight excluding hydrogens is 272 g/mol. The maximum Gasteiger partial charge on any atom is 0.190 e. The van der Waals surface area contributed by atoms with E-state index in [1.165, 1.54) is 0 Å². The number of aromatic nitrogens is 3. The maximum atomic E-state index is 10.7. The van der Waals surface area contributed by atoms with E-state index in [1.54, 1.807) is 11.8 Å². The molecule has 1 aromatic heterocycles. The molecule has 2 aromatic rings. The van der Waals surface area contributed by atoms with Crippen LogP contribution in [0.3, 0.4) is 0 Å². The van der Waals surface area contributed by atoms with Crippen LogP contribution in [0.4, 0.5) is 0 Å². The van der Waals surface area contributed by atoms with Gasteiger partial charge >= 0.3 is 0 Å². The minimum absolute atomic E-state index is 0.204. The lowest BCUT2D eigenvalue weighted by molar-refractivity contribution is 0.0431. The molecule has 3 N–H and O–H groups in total. The fourth-order valence-electron chi connectivity index (χ4n) is 1.94. The van der Waals surface area contributed by atoms with Crippen LogP contribution in [-0.4, -0.2) is 32.2 Å². The average molecular weight is 292 g/mol. The van der Waals surface area contributed by atoms with Gasteiger partial charge in [0.1, 0.15) is 11.4 Å². The monoisotopic (exact) mass is 292 g/mol. The van der Waals surface area contributed by atoms with E-state index < -0.39 is 5.60 Å². The molecule has 20 heavy (non-hydrogen) atoms. The number of aryl methyl sites for hydroxylation is 1. The van der Waals surface area contributed by atoms with Crippen LogP contribution in [0.15, 0.2) is 35.5 Å². The number of aliphatic hydroxyl groups is 1. The molecule has 0 aliphatic rings. The Labute approximate surface area is 123 Å². The van der Waals surface area contributed by atoms with Gasteiger partial charge in [-0.25, -0.2) is 0 Å². The third-order valence-electron chi connectivity index (χ3n) is 3.45. The highest BCUT2D eigenvalue weighted by Gasteiger charge is 2.27. The van der Waals surface area contributed by atoms with Gasteiger partial charge in [0.05, 0.1) is 0 Å². The molecule has 1 aromatic carbocycles. The fourth-order valence-corrected chi connectivity index (χ4v) is 2.98. The molecule has 5 nitrogen and oxygen atoms in total. The summed E-state index contributed by atoms with van der Waals surface area (Å²) >= 11 is 1.58. The lowest BCUT2D eigenvalue weighted by Crippen LogP contribution is -2.35. The summed E-state index contributed by atoms with van der Waals surface area (Å²) in [6.45, 7) is 2.12. The summed E-state index contributed by atoms with van der Waals surface area (Å²) in [6, 6.07) is 9.57. The summed E-state index contributed by atoms with van der Waals surface area (Å²) in [5.74, 6) is 1.61. The Balaban J connectivity index is 1.99. The molecule has 0 aliphatic carbocycles.